The summed E-state index contributed by atoms with van der Waals surface area (Å²) in [6, 6.07) is 2.67. The first-order valence-corrected chi connectivity index (χ1v) is 8.49. The Kier molecular flexibility index (Phi) is 4.78. The molecule has 0 aliphatic rings. The van der Waals surface area contributed by atoms with Gasteiger partial charge in [-0.3, -0.25) is 9.11 Å². The van der Waals surface area contributed by atoms with Crippen molar-refractivity contribution in [3.8, 4) is 0 Å². The monoisotopic (exact) mass is 337 g/mol. The summed E-state index contributed by atoms with van der Waals surface area (Å²) in [6.45, 7) is 5.15. The van der Waals surface area contributed by atoms with Crippen molar-refractivity contribution in [1.82, 2.24) is 0 Å². The third kappa shape index (κ3) is 5.42. The number of oxime groups is 1. The molecule has 0 radical (unpaired) electrons. The van der Waals surface area contributed by atoms with Crippen molar-refractivity contribution in [3.63, 3.8) is 0 Å². The number of benzene rings is 1. The highest BCUT2D eigenvalue weighted by Crippen LogP contribution is 2.19. The van der Waals surface area contributed by atoms with E-state index in [1.807, 2.05) is 0 Å². The van der Waals surface area contributed by atoms with Gasteiger partial charge in [0, 0.05) is 5.56 Å². The molecule has 0 aromatic heterocycles. The van der Waals surface area contributed by atoms with Gasteiger partial charge in [-0.15, -0.1) is 0 Å². The molecule has 10 heteroatoms. The molecule has 0 aliphatic carbocycles. The van der Waals surface area contributed by atoms with E-state index < -0.39 is 35.6 Å². The summed E-state index contributed by atoms with van der Waals surface area (Å²) in [5, 5.41) is 3.57. The zero-order chi connectivity index (χ0) is 16.5. The van der Waals surface area contributed by atoms with Crippen LogP contribution in [0.4, 0.5) is 0 Å². The number of hydrogen-bond acceptors (Lipinski definition) is 6. The molecule has 0 fully saturated rings. The molecule has 1 aromatic carbocycles. The van der Waals surface area contributed by atoms with Crippen molar-refractivity contribution in [2.75, 3.05) is 0 Å². The van der Waals surface area contributed by atoms with Crippen LogP contribution in [0.25, 0.3) is 0 Å². The number of hydrogen-bond donors (Lipinski definition) is 2. The molecule has 0 atom stereocenters. The molecule has 21 heavy (non-hydrogen) atoms. The predicted molar refractivity (Wildman–Crippen MR) is 74.5 cm³/mol. The third-order valence-electron chi connectivity index (χ3n) is 2.08. The zero-order valence-electron chi connectivity index (χ0n) is 11.5. The van der Waals surface area contributed by atoms with Crippen LogP contribution < -0.4 is 0 Å². The van der Waals surface area contributed by atoms with Gasteiger partial charge in [-0.1, -0.05) is 11.2 Å². The van der Waals surface area contributed by atoms with Gasteiger partial charge in [-0.2, -0.15) is 16.8 Å². The highest BCUT2D eigenvalue weighted by atomic mass is 32.2. The van der Waals surface area contributed by atoms with E-state index in [1.165, 1.54) is 0 Å². The predicted octanol–water partition coefficient (Wildman–Crippen LogP) is 1.33. The van der Waals surface area contributed by atoms with Crippen LogP contribution in [0.5, 0.6) is 0 Å². The lowest BCUT2D eigenvalue weighted by atomic mass is 10.2. The summed E-state index contributed by atoms with van der Waals surface area (Å²) < 4.78 is 62.5. The molecule has 0 unspecified atom stereocenters. The minimum Gasteiger partial charge on any atom is -0.390 e. The smallest absolute Gasteiger partial charge is 0.295 e. The summed E-state index contributed by atoms with van der Waals surface area (Å²) in [5.74, 6) is 0. The van der Waals surface area contributed by atoms with Crippen molar-refractivity contribution in [3.05, 3.63) is 23.8 Å². The summed E-state index contributed by atoms with van der Waals surface area (Å²) in [7, 11) is -9.30. The molecule has 8 nitrogen and oxygen atoms in total. The molecular weight excluding hydrogens is 322 g/mol. The van der Waals surface area contributed by atoms with Crippen LogP contribution in [0.1, 0.15) is 26.3 Å². The second kappa shape index (κ2) is 5.72. The summed E-state index contributed by atoms with van der Waals surface area (Å²) >= 11 is 0. The average Bonchev–Trinajstić information content (AvgIpc) is 2.24. The summed E-state index contributed by atoms with van der Waals surface area (Å²) in [6.07, 6.45) is 1.02. The minimum absolute atomic E-state index is 0.0887. The lowest BCUT2D eigenvalue weighted by Gasteiger charge is -2.15. The van der Waals surface area contributed by atoms with Crippen molar-refractivity contribution >= 4 is 26.5 Å². The Hall–Kier alpha value is -1.49. The van der Waals surface area contributed by atoms with Crippen LogP contribution in [0, 0.1) is 0 Å². The summed E-state index contributed by atoms with van der Waals surface area (Å²) in [5.41, 5.74) is -0.697. The molecule has 1 aromatic rings. The van der Waals surface area contributed by atoms with Crippen LogP contribution in [-0.2, 0) is 25.1 Å². The van der Waals surface area contributed by atoms with E-state index in [9.17, 15) is 16.8 Å². The van der Waals surface area contributed by atoms with Crippen molar-refractivity contribution < 1.29 is 30.8 Å². The molecule has 1 rings (SSSR count). The Labute approximate surface area is 122 Å². The first kappa shape index (κ1) is 17.6. The highest BCUT2D eigenvalue weighted by Gasteiger charge is 2.20. The van der Waals surface area contributed by atoms with E-state index in [1.54, 1.807) is 20.8 Å². The van der Waals surface area contributed by atoms with E-state index in [-0.39, 0.29) is 5.56 Å². The first-order valence-electron chi connectivity index (χ1n) is 5.61. The minimum atomic E-state index is -4.70. The zero-order valence-corrected chi connectivity index (χ0v) is 13.1. The van der Waals surface area contributed by atoms with Gasteiger partial charge in [0.25, 0.3) is 20.2 Å². The lowest BCUT2D eigenvalue weighted by Crippen LogP contribution is -2.15. The van der Waals surface area contributed by atoms with E-state index in [0.29, 0.717) is 6.07 Å². The highest BCUT2D eigenvalue weighted by molar-refractivity contribution is 7.86. The molecule has 2 N–H and O–H groups in total. The Bertz CT molecular complexity index is 758. The standard InChI is InChI=1S/C11H15NO7S2/c1-11(2,3)19-12-7-8-4-5-9(20(13,14)15)6-10(8)21(16,17)18/h4-7H,1-3H3,(H,13,14,15)(H,16,17,18). The van der Waals surface area contributed by atoms with Gasteiger partial charge in [0.2, 0.25) is 0 Å². The Morgan fingerprint density at radius 3 is 2.10 bits per heavy atom. The van der Waals surface area contributed by atoms with Crippen LogP contribution in [0.3, 0.4) is 0 Å². The number of rotatable bonds is 4. The van der Waals surface area contributed by atoms with Crippen LogP contribution >= 0.6 is 0 Å². The van der Waals surface area contributed by atoms with Gasteiger partial charge >= 0.3 is 0 Å². The quantitative estimate of drug-likeness (QED) is 0.481. The second-order valence-corrected chi connectivity index (χ2v) is 7.90. The molecule has 0 saturated carbocycles. The summed E-state index contributed by atoms with van der Waals surface area (Å²) in [4.78, 5) is 3.65. The fourth-order valence-corrected chi connectivity index (χ4v) is 2.52. The van der Waals surface area contributed by atoms with Gasteiger partial charge in [0.1, 0.15) is 10.5 Å². The first-order chi connectivity index (χ1) is 9.31. The second-order valence-electron chi connectivity index (χ2n) is 5.09. The fourth-order valence-electron chi connectivity index (χ4n) is 1.25. The van der Waals surface area contributed by atoms with Crippen molar-refractivity contribution in [1.29, 1.82) is 0 Å². The van der Waals surface area contributed by atoms with E-state index in [4.69, 9.17) is 13.9 Å². The maximum Gasteiger partial charge on any atom is 0.295 e. The Morgan fingerprint density at radius 1 is 1.10 bits per heavy atom. The molecular formula is C11H15NO7S2. The molecule has 0 heterocycles. The third-order valence-corrected chi connectivity index (χ3v) is 3.84. The Balaban J connectivity index is 3.35. The Morgan fingerprint density at radius 2 is 1.67 bits per heavy atom. The average molecular weight is 337 g/mol. The van der Waals surface area contributed by atoms with E-state index in [2.05, 4.69) is 5.16 Å². The van der Waals surface area contributed by atoms with Gasteiger partial charge in [-0.05, 0) is 32.9 Å². The molecule has 0 spiro atoms. The molecule has 118 valence electrons. The molecule has 0 saturated heterocycles. The van der Waals surface area contributed by atoms with Crippen molar-refractivity contribution in [2.45, 2.75) is 36.2 Å². The fraction of sp³-hybridized carbons (Fsp3) is 0.364. The van der Waals surface area contributed by atoms with E-state index in [0.717, 1.165) is 18.3 Å². The van der Waals surface area contributed by atoms with Crippen LogP contribution in [0.2, 0.25) is 0 Å². The topological polar surface area (TPSA) is 130 Å². The van der Waals surface area contributed by atoms with Crippen molar-refractivity contribution in [2.24, 2.45) is 5.16 Å². The number of nitrogens with zero attached hydrogens (tertiary/aromatic N) is 1. The normalized spacial score (nSPS) is 13.6. The van der Waals surface area contributed by atoms with Crippen LogP contribution in [0.15, 0.2) is 33.1 Å². The molecule has 0 aliphatic heterocycles. The largest absolute Gasteiger partial charge is 0.390 e. The van der Waals surface area contributed by atoms with Gasteiger partial charge in [-0.25, -0.2) is 0 Å². The molecule has 0 bridgehead atoms. The SMILES string of the molecule is CC(C)(C)ON=Cc1ccc(S(=O)(=O)O)cc1S(=O)(=O)O. The van der Waals surface area contributed by atoms with Gasteiger partial charge in [0.15, 0.2) is 0 Å². The lowest BCUT2D eigenvalue weighted by molar-refractivity contribution is 0.00197. The maximum absolute atomic E-state index is 11.3. The van der Waals surface area contributed by atoms with E-state index >= 15 is 0 Å². The molecule has 0 amide bonds. The van der Waals surface area contributed by atoms with Crippen LogP contribution in [-0.4, -0.2) is 37.8 Å². The van der Waals surface area contributed by atoms with Gasteiger partial charge < -0.3 is 4.84 Å². The maximum atomic E-state index is 11.3. The van der Waals surface area contributed by atoms with Gasteiger partial charge in [0.05, 0.1) is 11.1 Å².